The molecule has 0 heterocycles. The predicted octanol–water partition coefficient (Wildman–Crippen LogP) is 0.275. The average molecular weight is 267 g/mol. The van der Waals surface area contributed by atoms with Crippen LogP contribution < -0.4 is 0 Å². The summed E-state index contributed by atoms with van der Waals surface area (Å²) in [4.78, 5) is 10.4. The third-order valence-electron chi connectivity index (χ3n) is 2.31. The Bertz CT molecular complexity index is 315. The number of carbonyl (C=O) groups is 1. The number of hydrogen-bond acceptors (Lipinski definition) is 4. The van der Waals surface area contributed by atoms with Crippen molar-refractivity contribution in [2.75, 3.05) is 25.4 Å². The van der Waals surface area contributed by atoms with Crippen LogP contribution in [0.15, 0.2) is 0 Å². The van der Waals surface area contributed by atoms with Crippen LogP contribution in [-0.4, -0.2) is 54.4 Å². The van der Waals surface area contributed by atoms with Crippen molar-refractivity contribution in [2.45, 2.75) is 32.6 Å². The first-order valence-electron chi connectivity index (χ1n) is 5.74. The summed E-state index contributed by atoms with van der Waals surface area (Å²) >= 11 is 0. The maximum absolute atomic E-state index is 11.6. The minimum absolute atomic E-state index is 0.0399. The number of hydrogen-bond donors (Lipinski definition) is 2. The van der Waals surface area contributed by atoms with Crippen LogP contribution in [0.1, 0.15) is 32.6 Å². The molecule has 0 aliphatic carbocycles. The molecule has 0 spiro atoms. The van der Waals surface area contributed by atoms with Crippen LogP contribution in [0.2, 0.25) is 0 Å². The molecule has 2 N–H and O–H groups in total. The highest BCUT2D eigenvalue weighted by Crippen LogP contribution is 2.06. The Hall–Kier alpha value is -0.660. The Kier molecular flexibility index (Phi) is 8.11. The van der Waals surface area contributed by atoms with E-state index in [0.29, 0.717) is 6.42 Å². The molecule has 0 radical (unpaired) electrons. The zero-order valence-electron chi connectivity index (χ0n) is 10.1. The number of unbranched alkanes of at least 4 members (excludes halogenated alkanes) is 3. The first-order chi connectivity index (χ1) is 7.94. The Balaban J connectivity index is 4.34. The van der Waals surface area contributed by atoms with Gasteiger partial charge in [0.15, 0.2) is 5.75 Å². The maximum Gasteiger partial charge on any atom is 0.320 e. The maximum atomic E-state index is 11.6. The van der Waals surface area contributed by atoms with Crippen LogP contribution in [-0.2, 0) is 14.8 Å². The summed E-state index contributed by atoms with van der Waals surface area (Å²) in [6.45, 7) is 1.98. The van der Waals surface area contributed by atoms with Gasteiger partial charge in [0.2, 0.25) is 10.0 Å². The van der Waals surface area contributed by atoms with E-state index in [9.17, 15) is 13.2 Å². The number of sulfonamides is 1. The molecule has 0 aliphatic heterocycles. The summed E-state index contributed by atoms with van der Waals surface area (Å²) in [5.41, 5.74) is 0. The Morgan fingerprint density at radius 2 is 1.82 bits per heavy atom. The van der Waals surface area contributed by atoms with Gasteiger partial charge >= 0.3 is 5.97 Å². The van der Waals surface area contributed by atoms with E-state index in [-0.39, 0.29) is 19.7 Å². The van der Waals surface area contributed by atoms with Crippen LogP contribution in [0, 0.1) is 0 Å². The van der Waals surface area contributed by atoms with Gasteiger partial charge < -0.3 is 10.2 Å². The van der Waals surface area contributed by atoms with Gasteiger partial charge in [0.25, 0.3) is 0 Å². The van der Waals surface area contributed by atoms with Crippen LogP contribution in [0.3, 0.4) is 0 Å². The second-order valence-electron chi connectivity index (χ2n) is 3.83. The molecule has 6 nitrogen and oxygen atoms in total. The highest BCUT2D eigenvalue weighted by atomic mass is 32.2. The van der Waals surface area contributed by atoms with Crippen LogP contribution in [0.4, 0.5) is 0 Å². The fourth-order valence-electron chi connectivity index (χ4n) is 1.46. The second-order valence-corrected chi connectivity index (χ2v) is 5.80. The molecule has 0 saturated heterocycles. The minimum Gasteiger partial charge on any atom is -0.480 e. The molecule has 0 aromatic rings. The third-order valence-corrected chi connectivity index (χ3v) is 4.07. The van der Waals surface area contributed by atoms with Crippen molar-refractivity contribution < 1.29 is 23.4 Å². The van der Waals surface area contributed by atoms with Gasteiger partial charge in [-0.15, -0.1) is 0 Å². The van der Waals surface area contributed by atoms with E-state index in [2.05, 4.69) is 0 Å². The quantitative estimate of drug-likeness (QED) is 0.554. The number of rotatable bonds is 10. The summed E-state index contributed by atoms with van der Waals surface area (Å²) in [5, 5.41) is 17.3. The largest absolute Gasteiger partial charge is 0.480 e. The number of aliphatic carboxylic acids is 1. The van der Waals surface area contributed by atoms with Crippen LogP contribution >= 0.6 is 0 Å². The minimum atomic E-state index is -3.80. The van der Waals surface area contributed by atoms with Gasteiger partial charge in [0.05, 0.1) is 6.61 Å². The number of aliphatic hydroxyl groups is 1. The van der Waals surface area contributed by atoms with Gasteiger partial charge in [0.1, 0.15) is 0 Å². The fraction of sp³-hybridized carbons (Fsp3) is 0.900. The van der Waals surface area contributed by atoms with Gasteiger partial charge in [-0.2, -0.15) is 4.31 Å². The second kappa shape index (κ2) is 8.43. The van der Waals surface area contributed by atoms with Crippen LogP contribution in [0.5, 0.6) is 0 Å². The van der Waals surface area contributed by atoms with E-state index in [1.807, 2.05) is 6.92 Å². The van der Waals surface area contributed by atoms with Crippen molar-refractivity contribution in [2.24, 2.45) is 0 Å². The molecule has 0 aromatic heterocycles. The lowest BCUT2D eigenvalue weighted by atomic mass is 10.2. The average Bonchev–Trinajstić information content (AvgIpc) is 2.20. The molecular formula is C10H21NO5S. The van der Waals surface area contributed by atoms with Crippen molar-refractivity contribution in [1.82, 2.24) is 4.31 Å². The zero-order valence-corrected chi connectivity index (χ0v) is 10.9. The number of aliphatic hydroxyl groups excluding tert-OH is 1. The van der Waals surface area contributed by atoms with Crippen molar-refractivity contribution in [3.63, 3.8) is 0 Å². The lowest BCUT2D eigenvalue weighted by Gasteiger charge is -2.20. The molecule has 0 aliphatic rings. The monoisotopic (exact) mass is 267 g/mol. The van der Waals surface area contributed by atoms with E-state index in [1.165, 1.54) is 0 Å². The van der Waals surface area contributed by atoms with Crippen molar-refractivity contribution in [3.05, 3.63) is 0 Å². The molecule has 0 fully saturated rings. The van der Waals surface area contributed by atoms with Crippen LogP contribution in [0.25, 0.3) is 0 Å². The lowest BCUT2D eigenvalue weighted by molar-refractivity contribution is -0.134. The lowest BCUT2D eigenvalue weighted by Crippen LogP contribution is -2.38. The van der Waals surface area contributed by atoms with Gasteiger partial charge in [0, 0.05) is 13.1 Å². The van der Waals surface area contributed by atoms with E-state index in [1.54, 1.807) is 0 Å². The Labute approximate surface area is 102 Å². The molecule has 0 aromatic carbocycles. The van der Waals surface area contributed by atoms with Crippen molar-refractivity contribution in [1.29, 1.82) is 0 Å². The molecule has 0 amide bonds. The van der Waals surface area contributed by atoms with Gasteiger partial charge in [-0.05, 0) is 6.42 Å². The smallest absolute Gasteiger partial charge is 0.320 e. The third kappa shape index (κ3) is 7.30. The number of carboxylic acid groups (broad SMARTS) is 1. The van der Waals surface area contributed by atoms with E-state index in [0.717, 1.165) is 23.6 Å². The molecule has 0 bridgehead atoms. The number of nitrogens with zero attached hydrogens (tertiary/aromatic N) is 1. The fourth-order valence-corrected chi connectivity index (χ4v) is 2.73. The van der Waals surface area contributed by atoms with Crippen molar-refractivity contribution in [3.8, 4) is 0 Å². The predicted molar refractivity (Wildman–Crippen MR) is 64.2 cm³/mol. The van der Waals surface area contributed by atoms with Crippen molar-refractivity contribution >= 4 is 16.0 Å². The van der Waals surface area contributed by atoms with Gasteiger partial charge in [-0.1, -0.05) is 26.2 Å². The zero-order chi connectivity index (χ0) is 13.3. The molecule has 0 rings (SSSR count). The molecule has 0 atom stereocenters. The SMILES string of the molecule is CCCCCCN(CCO)S(=O)(=O)CC(=O)O. The van der Waals surface area contributed by atoms with E-state index in [4.69, 9.17) is 10.2 Å². The molecular weight excluding hydrogens is 246 g/mol. The van der Waals surface area contributed by atoms with E-state index >= 15 is 0 Å². The number of carboxylic acids is 1. The first kappa shape index (κ1) is 16.3. The normalized spacial score (nSPS) is 11.9. The summed E-state index contributed by atoms with van der Waals surface area (Å²) in [7, 11) is -3.80. The molecule has 0 saturated carbocycles. The topological polar surface area (TPSA) is 94.9 Å². The highest BCUT2D eigenvalue weighted by molar-refractivity contribution is 7.89. The Morgan fingerprint density at radius 1 is 1.18 bits per heavy atom. The highest BCUT2D eigenvalue weighted by Gasteiger charge is 2.24. The standard InChI is InChI=1S/C10H21NO5S/c1-2-3-4-5-6-11(7-8-12)17(15,16)9-10(13)14/h12H,2-9H2,1H3,(H,13,14). The van der Waals surface area contributed by atoms with E-state index < -0.39 is 21.7 Å². The summed E-state index contributed by atoms with van der Waals surface area (Å²) in [6.07, 6.45) is 3.65. The summed E-state index contributed by atoms with van der Waals surface area (Å²) in [5.74, 6) is -2.29. The molecule has 102 valence electrons. The summed E-state index contributed by atoms with van der Waals surface area (Å²) in [6, 6.07) is 0. The molecule has 7 heteroatoms. The molecule has 0 unspecified atom stereocenters. The summed E-state index contributed by atoms with van der Waals surface area (Å²) < 4.78 is 24.3. The first-order valence-corrected chi connectivity index (χ1v) is 7.35. The Morgan fingerprint density at radius 3 is 2.29 bits per heavy atom. The molecule has 17 heavy (non-hydrogen) atoms. The van der Waals surface area contributed by atoms with Gasteiger partial charge in [-0.25, -0.2) is 8.42 Å². The van der Waals surface area contributed by atoms with Gasteiger partial charge in [-0.3, -0.25) is 4.79 Å².